The Balaban J connectivity index is 0.00000156. The smallest absolute Gasteiger partial charge is 0.139 e. The van der Waals surface area contributed by atoms with Crippen LogP contribution in [0.3, 0.4) is 0 Å². The lowest BCUT2D eigenvalue weighted by molar-refractivity contribution is 0.153. The normalized spacial score (nSPS) is 23.4. The molecule has 1 aliphatic carbocycles. The Bertz CT molecular complexity index is 691. The number of para-hydroxylation sites is 1. The summed E-state index contributed by atoms with van der Waals surface area (Å²) < 4.78 is 5.91. The average Bonchev–Trinajstić information content (AvgIpc) is 2.82. The number of hydrogen-bond donors (Lipinski definition) is 1. The lowest BCUT2D eigenvalue weighted by Crippen LogP contribution is -2.17. The molecule has 0 radical (unpaired) electrons. The highest BCUT2D eigenvalue weighted by atomic mass is 79.9. The highest BCUT2D eigenvalue weighted by Gasteiger charge is 2.33. The molecule has 4 heteroatoms. The largest absolute Gasteiger partial charge is 0.506 e. The first kappa shape index (κ1) is 16.2. The minimum atomic E-state index is 0. The zero-order chi connectivity index (χ0) is 15.1. The second kappa shape index (κ2) is 6.44. The molecule has 0 fully saturated rings. The molecule has 1 aromatic rings. The summed E-state index contributed by atoms with van der Waals surface area (Å²) in [5.74, 6) is 1.49. The summed E-state index contributed by atoms with van der Waals surface area (Å²) in [5.41, 5.74) is 4.80. The SMILES string of the molecule is Br.CC1CC2=C(CCC3=C2C(O)=CN(c2ccccc2)CC3)O1. The first-order valence-electron chi connectivity index (χ1n) is 8.06. The molecule has 0 amide bonds. The van der Waals surface area contributed by atoms with Gasteiger partial charge < -0.3 is 14.7 Å². The molecule has 1 atom stereocenters. The standard InChI is InChI=1S/C19H21NO2.BrH/c1-13-11-16-18(22-13)8-7-14-9-10-20(12-17(21)19(14)16)15-5-3-2-4-6-15;/h2-6,12-13,21H,7-11H2,1H3;1H. The van der Waals surface area contributed by atoms with Crippen molar-refractivity contribution in [3.8, 4) is 0 Å². The summed E-state index contributed by atoms with van der Waals surface area (Å²) >= 11 is 0. The number of fused-ring (bicyclic) bond motifs is 1. The summed E-state index contributed by atoms with van der Waals surface area (Å²) in [4.78, 5) is 2.15. The van der Waals surface area contributed by atoms with Gasteiger partial charge in [-0.3, -0.25) is 0 Å². The van der Waals surface area contributed by atoms with E-state index in [2.05, 4.69) is 24.0 Å². The second-order valence-corrected chi connectivity index (χ2v) is 6.31. The fourth-order valence-electron chi connectivity index (χ4n) is 3.75. The van der Waals surface area contributed by atoms with Gasteiger partial charge in [-0.25, -0.2) is 0 Å². The Hall–Kier alpha value is -1.68. The number of halogens is 1. The van der Waals surface area contributed by atoms with Gasteiger partial charge in [-0.1, -0.05) is 23.8 Å². The Morgan fingerprint density at radius 1 is 1.13 bits per heavy atom. The molecule has 4 rings (SSSR count). The number of benzene rings is 1. The first-order valence-corrected chi connectivity index (χ1v) is 8.06. The van der Waals surface area contributed by atoms with Crippen LogP contribution < -0.4 is 4.90 Å². The molecule has 0 saturated heterocycles. The molecule has 122 valence electrons. The van der Waals surface area contributed by atoms with Crippen LogP contribution in [0.4, 0.5) is 5.69 Å². The lowest BCUT2D eigenvalue weighted by atomic mass is 9.86. The summed E-state index contributed by atoms with van der Waals surface area (Å²) in [6.07, 6.45) is 6.01. The zero-order valence-electron chi connectivity index (χ0n) is 13.3. The van der Waals surface area contributed by atoms with E-state index in [0.717, 1.165) is 49.2 Å². The topological polar surface area (TPSA) is 32.7 Å². The summed E-state index contributed by atoms with van der Waals surface area (Å²) in [6.45, 7) is 3.01. The van der Waals surface area contributed by atoms with Crippen LogP contribution in [0.2, 0.25) is 0 Å². The van der Waals surface area contributed by atoms with E-state index in [-0.39, 0.29) is 23.1 Å². The highest BCUT2D eigenvalue weighted by molar-refractivity contribution is 8.93. The molecule has 1 aromatic carbocycles. The predicted octanol–water partition coefficient (Wildman–Crippen LogP) is 5.03. The maximum atomic E-state index is 10.7. The lowest BCUT2D eigenvalue weighted by Gasteiger charge is -2.20. The molecule has 2 heterocycles. The van der Waals surface area contributed by atoms with Gasteiger partial charge in [0.05, 0.1) is 6.10 Å². The minimum Gasteiger partial charge on any atom is -0.506 e. The van der Waals surface area contributed by atoms with Crippen molar-refractivity contribution in [2.75, 3.05) is 11.4 Å². The van der Waals surface area contributed by atoms with Gasteiger partial charge in [0.25, 0.3) is 0 Å². The van der Waals surface area contributed by atoms with Crippen LogP contribution in [-0.4, -0.2) is 17.8 Å². The van der Waals surface area contributed by atoms with Crippen molar-refractivity contribution in [1.82, 2.24) is 0 Å². The van der Waals surface area contributed by atoms with Crippen molar-refractivity contribution in [2.45, 2.75) is 38.7 Å². The van der Waals surface area contributed by atoms with Crippen molar-refractivity contribution in [2.24, 2.45) is 0 Å². The van der Waals surface area contributed by atoms with Gasteiger partial charge in [-0.05, 0) is 31.9 Å². The number of allylic oxidation sites excluding steroid dienone is 2. The third-order valence-corrected chi connectivity index (χ3v) is 4.76. The van der Waals surface area contributed by atoms with Gasteiger partial charge in [0.2, 0.25) is 0 Å². The van der Waals surface area contributed by atoms with Crippen LogP contribution >= 0.6 is 17.0 Å². The second-order valence-electron chi connectivity index (χ2n) is 6.31. The fourth-order valence-corrected chi connectivity index (χ4v) is 3.75. The average molecular weight is 376 g/mol. The van der Waals surface area contributed by atoms with Crippen molar-refractivity contribution in [1.29, 1.82) is 0 Å². The van der Waals surface area contributed by atoms with E-state index in [1.165, 1.54) is 11.1 Å². The molecule has 1 N–H and O–H groups in total. The van der Waals surface area contributed by atoms with Gasteiger partial charge in [-0.2, -0.15) is 0 Å². The first-order chi connectivity index (χ1) is 10.7. The van der Waals surface area contributed by atoms with Gasteiger partial charge >= 0.3 is 0 Å². The molecule has 0 aromatic heterocycles. The Morgan fingerprint density at radius 2 is 1.91 bits per heavy atom. The number of aliphatic hydroxyl groups is 1. The maximum Gasteiger partial charge on any atom is 0.139 e. The third kappa shape index (κ3) is 2.92. The number of nitrogens with zero attached hydrogens (tertiary/aromatic N) is 1. The van der Waals surface area contributed by atoms with Crippen molar-refractivity contribution < 1.29 is 9.84 Å². The van der Waals surface area contributed by atoms with Gasteiger partial charge in [0, 0.05) is 42.4 Å². The van der Waals surface area contributed by atoms with Crippen molar-refractivity contribution in [3.63, 3.8) is 0 Å². The molecule has 0 saturated carbocycles. The number of anilines is 1. The molecule has 3 aliphatic rings. The number of aliphatic hydroxyl groups excluding tert-OH is 1. The monoisotopic (exact) mass is 375 g/mol. The van der Waals surface area contributed by atoms with Gasteiger partial charge in [0.1, 0.15) is 11.5 Å². The Kier molecular flexibility index (Phi) is 4.53. The van der Waals surface area contributed by atoms with Crippen LogP contribution in [0, 0.1) is 0 Å². The number of hydrogen-bond acceptors (Lipinski definition) is 3. The molecular formula is C19H22BrNO2. The summed E-state index contributed by atoms with van der Waals surface area (Å²) in [7, 11) is 0. The van der Waals surface area contributed by atoms with E-state index in [9.17, 15) is 5.11 Å². The molecule has 23 heavy (non-hydrogen) atoms. The minimum absolute atomic E-state index is 0. The van der Waals surface area contributed by atoms with E-state index < -0.39 is 0 Å². The summed E-state index contributed by atoms with van der Waals surface area (Å²) in [6, 6.07) is 10.2. The van der Waals surface area contributed by atoms with Gasteiger partial charge in [-0.15, -0.1) is 17.0 Å². The van der Waals surface area contributed by atoms with Crippen LogP contribution in [0.15, 0.2) is 64.8 Å². The quantitative estimate of drug-likeness (QED) is 0.747. The highest BCUT2D eigenvalue weighted by Crippen LogP contribution is 2.43. The van der Waals surface area contributed by atoms with E-state index in [1.807, 2.05) is 24.4 Å². The Labute approximate surface area is 147 Å². The van der Waals surface area contributed by atoms with Crippen molar-refractivity contribution in [3.05, 3.63) is 64.8 Å². The number of rotatable bonds is 1. The van der Waals surface area contributed by atoms with Crippen LogP contribution in [0.5, 0.6) is 0 Å². The van der Waals surface area contributed by atoms with E-state index in [1.54, 1.807) is 0 Å². The summed E-state index contributed by atoms with van der Waals surface area (Å²) in [5, 5.41) is 10.7. The van der Waals surface area contributed by atoms with Crippen LogP contribution in [0.25, 0.3) is 0 Å². The van der Waals surface area contributed by atoms with E-state index >= 15 is 0 Å². The Morgan fingerprint density at radius 3 is 2.70 bits per heavy atom. The van der Waals surface area contributed by atoms with Crippen LogP contribution in [0.1, 0.15) is 32.6 Å². The van der Waals surface area contributed by atoms with E-state index in [0.29, 0.717) is 5.76 Å². The molecule has 2 aliphatic heterocycles. The molecule has 0 spiro atoms. The number of ether oxygens (including phenoxy) is 1. The predicted molar refractivity (Wildman–Crippen MR) is 97.9 cm³/mol. The fraction of sp³-hybridized carbons (Fsp3) is 0.368. The van der Waals surface area contributed by atoms with E-state index in [4.69, 9.17) is 4.74 Å². The zero-order valence-corrected chi connectivity index (χ0v) is 15.0. The van der Waals surface area contributed by atoms with Gasteiger partial charge in [0.15, 0.2) is 0 Å². The third-order valence-electron chi connectivity index (χ3n) is 4.76. The molecule has 1 unspecified atom stereocenters. The molecule has 3 nitrogen and oxygen atoms in total. The van der Waals surface area contributed by atoms with Crippen LogP contribution in [-0.2, 0) is 4.74 Å². The van der Waals surface area contributed by atoms with Crippen molar-refractivity contribution >= 4 is 22.7 Å². The maximum absolute atomic E-state index is 10.7. The molecular weight excluding hydrogens is 354 g/mol. The molecule has 0 bridgehead atoms.